The van der Waals surface area contributed by atoms with Gasteiger partial charge in [0.1, 0.15) is 0 Å². The van der Waals surface area contributed by atoms with E-state index in [1.807, 2.05) is 16.8 Å². The Labute approximate surface area is 124 Å². The molecule has 1 aliphatic rings. The molecule has 0 amide bonds. The fourth-order valence-electron chi connectivity index (χ4n) is 3.28. The van der Waals surface area contributed by atoms with Crippen LogP contribution >= 0.6 is 0 Å². The maximum Gasteiger partial charge on any atom is 0.167 e. The summed E-state index contributed by atoms with van der Waals surface area (Å²) in [5.74, 6) is -0.0892. The Morgan fingerprint density at radius 1 is 1.33 bits per heavy atom. The van der Waals surface area contributed by atoms with Crippen molar-refractivity contribution in [2.24, 2.45) is 11.1 Å². The molecule has 3 rings (SSSR count). The molecule has 0 aliphatic heterocycles. The highest BCUT2D eigenvalue weighted by atomic mass is 19.1. The molecule has 0 spiro atoms. The maximum absolute atomic E-state index is 13.9. The highest BCUT2D eigenvalue weighted by molar-refractivity contribution is 5.44. The second kappa shape index (κ2) is 4.88. The van der Waals surface area contributed by atoms with Gasteiger partial charge in [-0.3, -0.25) is 0 Å². The van der Waals surface area contributed by atoms with Gasteiger partial charge in [0, 0.05) is 29.7 Å². The first-order chi connectivity index (χ1) is 9.91. The summed E-state index contributed by atoms with van der Waals surface area (Å²) in [6.45, 7) is 4.45. The van der Waals surface area contributed by atoms with Gasteiger partial charge in [-0.25, -0.2) is 4.39 Å². The molecule has 1 unspecified atom stereocenters. The molecular weight excluding hydrogens is 267 g/mol. The van der Waals surface area contributed by atoms with Crippen molar-refractivity contribution >= 4 is 0 Å². The minimum atomic E-state index is -0.350. The van der Waals surface area contributed by atoms with Crippen molar-refractivity contribution in [3.05, 3.63) is 47.5 Å². The summed E-state index contributed by atoms with van der Waals surface area (Å²) in [6, 6.07) is 7.14. The number of rotatable bonds is 2. The lowest BCUT2D eigenvalue weighted by Crippen LogP contribution is -2.30. The average Bonchev–Trinajstić information content (AvgIpc) is 2.81. The van der Waals surface area contributed by atoms with Crippen LogP contribution in [0.1, 0.15) is 37.6 Å². The molecule has 21 heavy (non-hydrogen) atoms. The molecule has 3 nitrogen and oxygen atoms in total. The molecule has 1 atom stereocenters. The number of aromatic nitrogens is 1. The molecule has 0 fully saturated rings. The van der Waals surface area contributed by atoms with Gasteiger partial charge >= 0.3 is 0 Å². The van der Waals surface area contributed by atoms with E-state index in [1.165, 1.54) is 24.4 Å². The lowest BCUT2D eigenvalue weighted by molar-refractivity contribution is 0.278. The SMILES string of the molecule is COc1ccc(-n2ccc3c2CC(C)(C)CC3N)cc1F. The van der Waals surface area contributed by atoms with Crippen molar-refractivity contribution in [1.82, 2.24) is 4.57 Å². The molecule has 1 heterocycles. The Kier molecular flexibility index (Phi) is 3.29. The van der Waals surface area contributed by atoms with Crippen molar-refractivity contribution in [2.45, 2.75) is 32.7 Å². The highest BCUT2D eigenvalue weighted by Gasteiger charge is 2.32. The second-order valence-electron chi connectivity index (χ2n) is 6.56. The van der Waals surface area contributed by atoms with E-state index < -0.39 is 0 Å². The van der Waals surface area contributed by atoms with Crippen molar-refractivity contribution in [3.63, 3.8) is 0 Å². The number of ether oxygens (including phenoxy) is 1. The van der Waals surface area contributed by atoms with Gasteiger partial charge in [-0.05, 0) is 42.0 Å². The smallest absolute Gasteiger partial charge is 0.167 e. The number of nitrogens with two attached hydrogens (primary N) is 1. The highest BCUT2D eigenvalue weighted by Crippen LogP contribution is 2.40. The van der Waals surface area contributed by atoms with Crippen molar-refractivity contribution < 1.29 is 9.13 Å². The van der Waals surface area contributed by atoms with E-state index in [0.717, 1.165) is 18.5 Å². The Bertz CT molecular complexity index is 675. The van der Waals surface area contributed by atoms with Crippen LogP contribution in [0.2, 0.25) is 0 Å². The fraction of sp³-hybridized carbons (Fsp3) is 0.412. The van der Waals surface area contributed by atoms with Crippen molar-refractivity contribution in [1.29, 1.82) is 0 Å². The number of hydrogen-bond acceptors (Lipinski definition) is 2. The predicted molar refractivity (Wildman–Crippen MR) is 81.3 cm³/mol. The molecule has 1 aromatic carbocycles. The molecule has 0 saturated carbocycles. The first-order valence-corrected chi connectivity index (χ1v) is 7.21. The van der Waals surface area contributed by atoms with Gasteiger partial charge in [-0.1, -0.05) is 13.8 Å². The maximum atomic E-state index is 13.9. The quantitative estimate of drug-likeness (QED) is 0.917. The van der Waals surface area contributed by atoms with Gasteiger partial charge < -0.3 is 15.0 Å². The van der Waals surface area contributed by atoms with E-state index in [1.54, 1.807) is 6.07 Å². The van der Waals surface area contributed by atoms with Crippen LogP contribution in [0.4, 0.5) is 4.39 Å². The van der Waals surface area contributed by atoms with E-state index >= 15 is 0 Å². The lowest BCUT2D eigenvalue weighted by atomic mass is 9.74. The Morgan fingerprint density at radius 3 is 2.76 bits per heavy atom. The van der Waals surface area contributed by atoms with Crippen LogP contribution in [0.15, 0.2) is 30.5 Å². The molecule has 0 saturated heterocycles. The van der Waals surface area contributed by atoms with Crippen molar-refractivity contribution in [2.75, 3.05) is 7.11 Å². The number of methoxy groups -OCH3 is 1. The van der Waals surface area contributed by atoms with Crippen LogP contribution in [0, 0.1) is 11.2 Å². The molecule has 2 N–H and O–H groups in total. The monoisotopic (exact) mass is 288 g/mol. The van der Waals surface area contributed by atoms with E-state index in [0.29, 0.717) is 0 Å². The largest absolute Gasteiger partial charge is 0.494 e. The van der Waals surface area contributed by atoms with Crippen LogP contribution < -0.4 is 10.5 Å². The van der Waals surface area contributed by atoms with Crippen LogP contribution in [-0.2, 0) is 6.42 Å². The molecule has 0 bridgehead atoms. The predicted octanol–water partition coefficient (Wildman–Crippen LogP) is 3.60. The third-order valence-corrected chi connectivity index (χ3v) is 4.26. The van der Waals surface area contributed by atoms with Crippen LogP contribution in [0.3, 0.4) is 0 Å². The Balaban J connectivity index is 2.07. The summed E-state index contributed by atoms with van der Waals surface area (Å²) in [7, 11) is 1.47. The zero-order valence-corrected chi connectivity index (χ0v) is 12.7. The van der Waals surface area contributed by atoms with Gasteiger partial charge in [0.2, 0.25) is 0 Å². The Hall–Kier alpha value is -1.81. The zero-order chi connectivity index (χ0) is 15.2. The average molecular weight is 288 g/mol. The van der Waals surface area contributed by atoms with E-state index in [2.05, 4.69) is 19.9 Å². The second-order valence-corrected chi connectivity index (χ2v) is 6.56. The number of halogens is 1. The molecule has 0 radical (unpaired) electrons. The number of nitrogens with zero attached hydrogens (tertiary/aromatic N) is 1. The van der Waals surface area contributed by atoms with Gasteiger partial charge in [0.25, 0.3) is 0 Å². The molecule has 1 aliphatic carbocycles. The molecule has 2 aromatic rings. The van der Waals surface area contributed by atoms with Crippen LogP contribution in [0.25, 0.3) is 5.69 Å². The third-order valence-electron chi connectivity index (χ3n) is 4.26. The number of benzene rings is 1. The zero-order valence-electron chi connectivity index (χ0n) is 12.7. The summed E-state index contributed by atoms with van der Waals surface area (Å²) >= 11 is 0. The molecule has 4 heteroatoms. The summed E-state index contributed by atoms with van der Waals surface area (Å²) < 4.78 is 21.0. The summed E-state index contributed by atoms with van der Waals surface area (Å²) in [5.41, 5.74) is 9.60. The first-order valence-electron chi connectivity index (χ1n) is 7.21. The van der Waals surface area contributed by atoms with Gasteiger partial charge in [0.05, 0.1) is 7.11 Å². The van der Waals surface area contributed by atoms with Gasteiger partial charge in [0.15, 0.2) is 11.6 Å². The minimum Gasteiger partial charge on any atom is -0.494 e. The molecular formula is C17H21FN2O. The summed E-state index contributed by atoms with van der Waals surface area (Å²) in [6.07, 6.45) is 3.89. The number of fused-ring (bicyclic) bond motifs is 1. The standard InChI is InChI=1S/C17H21FN2O/c1-17(2)9-14(19)12-6-7-20(15(12)10-17)11-4-5-16(21-3)13(18)8-11/h4-8,14H,9-10,19H2,1-3H3. The Morgan fingerprint density at radius 2 is 2.10 bits per heavy atom. The van der Waals surface area contributed by atoms with Gasteiger partial charge in [-0.15, -0.1) is 0 Å². The fourth-order valence-corrected chi connectivity index (χ4v) is 3.28. The van der Waals surface area contributed by atoms with E-state index in [9.17, 15) is 4.39 Å². The number of hydrogen-bond donors (Lipinski definition) is 1. The van der Waals surface area contributed by atoms with Crippen LogP contribution in [0.5, 0.6) is 5.75 Å². The first kappa shape index (κ1) is 14.1. The van der Waals surface area contributed by atoms with Gasteiger partial charge in [-0.2, -0.15) is 0 Å². The van der Waals surface area contributed by atoms with Crippen LogP contribution in [-0.4, -0.2) is 11.7 Å². The minimum absolute atomic E-state index is 0.0492. The third kappa shape index (κ3) is 2.44. The summed E-state index contributed by atoms with van der Waals surface area (Å²) in [5, 5.41) is 0. The topological polar surface area (TPSA) is 40.2 Å². The molecule has 1 aromatic heterocycles. The van der Waals surface area contributed by atoms with Crippen molar-refractivity contribution in [3.8, 4) is 11.4 Å². The lowest BCUT2D eigenvalue weighted by Gasteiger charge is -2.34. The van der Waals surface area contributed by atoms with E-state index in [4.69, 9.17) is 10.5 Å². The molecule has 112 valence electrons. The van der Waals surface area contributed by atoms with E-state index in [-0.39, 0.29) is 23.0 Å². The normalized spacial score (nSPS) is 20.1. The summed E-state index contributed by atoms with van der Waals surface area (Å²) in [4.78, 5) is 0.